The van der Waals surface area contributed by atoms with Crippen molar-refractivity contribution in [3.05, 3.63) is 188 Å². The summed E-state index contributed by atoms with van der Waals surface area (Å²) in [6.07, 6.45) is 0. The lowest BCUT2D eigenvalue weighted by molar-refractivity contribution is 1.14. The highest BCUT2D eigenvalue weighted by atomic mass is 32.2. The van der Waals surface area contributed by atoms with Crippen molar-refractivity contribution in [2.24, 2.45) is 0 Å². The van der Waals surface area contributed by atoms with Gasteiger partial charge < -0.3 is 10.2 Å². The molecule has 2 nitrogen and oxygen atoms in total. The van der Waals surface area contributed by atoms with Gasteiger partial charge in [0.05, 0.1) is 17.1 Å². The Morgan fingerprint density at radius 1 is 0.490 bits per heavy atom. The summed E-state index contributed by atoms with van der Waals surface area (Å²) in [7, 11) is 0. The molecule has 9 aromatic rings. The Labute approximate surface area is 305 Å². The maximum Gasteiger partial charge on any atom is 0.103 e. The fraction of sp³-hybridized carbons (Fsp3) is 0.0213. The third-order valence-electron chi connectivity index (χ3n) is 9.89. The minimum atomic E-state index is 0.203. The molecule has 0 bridgehead atoms. The van der Waals surface area contributed by atoms with E-state index in [0.717, 1.165) is 11.4 Å². The Kier molecular flexibility index (Phi) is 7.37. The van der Waals surface area contributed by atoms with Gasteiger partial charge in [0.25, 0.3) is 0 Å². The van der Waals surface area contributed by atoms with Crippen LogP contribution in [0.4, 0.5) is 22.7 Å². The van der Waals surface area contributed by atoms with E-state index in [2.05, 4.69) is 192 Å². The molecule has 10 rings (SSSR count). The summed E-state index contributed by atoms with van der Waals surface area (Å²) in [5, 5.41) is 9.04. The number of rotatable bonds is 6. The van der Waals surface area contributed by atoms with Crippen LogP contribution in [0.5, 0.6) is 0 Å². The van der Waals surface area contributed by atoms with Crippen molar-refractivity contribution in [2.75, 3.05) is 10.2 Å². The second-order valence-corrected chi connectivity index (χ2v) is 15.2. The molecule has 0 saturated carbocycles. The summed E-state index contributed by atoms with van der Waals surface area (Å²) in [5.41, 5.74) is 10.8. The second kappa shape index (κ2) is 12.5. The van der Waals surface area contributed by atoms with E-state index in [-0.39, 0.29) is 5.37 Å². The summed E-state index contributed by atoms with van der Waals surface area (Å²) < 4.78 is 2.57. The summed E-state index contributed by atoms with van der Waals surface area (Å²) >= 11 is 3.78. The molecule has 242 valence electrons. The Hall–Kier alpha value is -5.81. The first-order valence-corrected chi connectivity index (χ1v) is 19.0. The van der Waals surface area contributed by atoms with Crippen molar-refractivity contribution < 1.29 is 0 Å². The van der Waals surface area contributed by atoms with Crippen molar-refractivity contribution >= 4 is 76.8 Å². The maximum atomic E-state index is 3.80. The monoisotopic (exact) mass is 688 g/mol. The zero-order chi connectivity index (χ0) is 33.7. The molecule has 1 aliphatic heterocycles. The van der Waals surface area contributed by atoms with Gasteiger partial charge in [0, 0.05) is 36.3 Å². The lowest BCUT2D eigenvalue weighted by atomic mass is 9.94. The molecular weight excluding hydrogens is 657 g/mol. The third-order valence-corrected chi connectivity index (χ3v) is 12.2. The molecule has 0 aliphatic carbocycles. The first-order chi connectivity index (χ1) is 25.3. The zero-order valence-electron chi connectivity index (χ0n) is 27.7. The molecule has 0 saturated heterocycles. The Morgan fingerprint density at radius 2 is 1.18 bits per heavy atom. The molecule has 0 amide bonds. The van der Waals surface area contributed by atoms with Crippen molar-refractivity contribution in [1.29, 1.82) is 0 Å². The minimum absolute atomic E-state index is 0.203. The number of thiophene rings is 1. The number of fused-ring (bicyclic) bond motifs is 5. The van der Waals surface area contributed by atoms with Crippen molar-refractivity contribution in [3.63, 3.8) is 0 Å². The van der Waals surface area contributed by atoms with Crippen LogP contribution in [-0.2, 0) is 0 Å². The van der Waals surface area contributed by atoms with E-state index in [1.807, 2.05) is 23.1 Å². The van der Waals surface area contributed by atoms with Crippen LogP contribution in [0.2, 0.25) is 0 Å². The highest BCUT2D eigenvalue weighted by Crippen LogP contribution is 2.53. The second-order valence-electron chi connectivity index (χ2n) is 12.9. The smallest absolute Gasteiger partial charge is 0.103 e. The van der Waals surface area contributed by atoms with E-state index in [9.17, 15) is 0 Å². The van der Waals surface area contributed by atoms with Crippen LogP contribution in [0.1, 0.15) is 10.9 Å². The molecule has 2 heterocycles. The van der Waals surface area contributed by atoms with Crippen LogP contribution < -0.4 is 10.2 Å². The maximum absolute atomic E-state index is 3.80. The molecule has 1 aromatic heterocycles. The number of hydrogen-bond donors (Lipinski definition) is 1. The molecule has 51 heavy (non-hydrogen) atoms. The lowest BCUT2D eigenvalue weighted by Crippen LogP contribution is -2.12. The summed E-state index contributed by atoms with van der Waals surface area (Å²) in [4.78, 5) is 3.78. The zero-order valence-corrected chi connectivity index (χ0v) is 29.3. The van der Waals surface area contributed by atoms with Gasteiger partial charge in [-0.25, -0.2) is 0 Å². The van der Waals surface area contributed by atoms with E-state index >= 15 is 0 Å². The number of nitrogens with one attached hydrogen (secondary N) is 1. The van der Waals surface area contributed by atoms with Gasteiger partial charge in [-0.05, 0) is 75.5 Å². The summed E-state index contributed by atoms with van der Waals surface area (Å²) in [5.74, 6) is 0. The molecule has 0 fully saturated rings. The standard InChI is InChI=1S/C47H32N2S2/c1-4-13-31(14-5-1)32-23-26-36(27-24-32)49(41-28-25-33-15-10-11-20-37(33)45(41)34-16-6-2-7-17-34)40-21-12-22-42-46(40)38-29-44-39(30-43(38)50-42)48-47(51-44)35-18-8-3-9-19-35/h1-30,47-48H. The fourth-order valence-electron chi connectivity index (χ4n) is 7.50. The van der Waals surface area contributed by atoms with Gasteiger partial charge in [0.1, 0.15) is 5.37 Å². The number of benzene rings is 8. The third kappa shape index (κ3) is 5.27. The molecule has 4 heteroatoms. The summed E-state index contributed by atoms with van der Waals surface area (Å²) in [6.45, 7) is 0. The largest absolute Gasteiger partial charge is 0.368 e. The van der Waals surface area contributed by atoms with Gasteiger partial charge in [0.15, 0.2) is 0 Å². The first kappa shape index (κ1) is 30.1. The Balaban J connectivity index is 1.21. The molecule has 1 aliphatic rings. The lowest BCUT2D eigenvalue weighted by Gasteiger charge is -2.29. The quantitative estimate of drug-likeness (QED) is 0.187. The molecule has 1 N–H and O–H groups in total. The van der Waals surface area contributed by atoms with E-state index in [1.54, 1.807) is 0 Å². The van der Waals surface area contributed by atoms with Crippen LogP contribution in [0.25, 0.3) is 53.2 Å². The van der Waals surface area contributed by atoms with E-state index in [4.69, 9.17) is 0 Å². The van der Waals surface area contributed by atoms with Crippen LogP contribution >= 0.6 is 23.1 Å². The van der Waals surface area contributed by atoms with Gasteiger partial charge in [-0.3, -0.25) is 0 Å². The van der Waals surface area contributed by atoms with Crippen molar-refractivity contribution in [3.8, 4) is 22.3 Å². The predicted octanol–water partition coefficient (Wildman–Crippen LogP) is 14.2. The van der Waals surface area contributed by atoms with Gasteiger partial charge in [-0.1, -0.05) is 151 Å². The summed E-state index contributed by atoms with van der Waals surface area (Å²) in [6, 6.07) is 66.2. The average Bonchev–Trinajstić information content (AvgIpc) is 3.79. The molecule has 0 radical (unpaired) electrons. The number of thioether (sulfide) groups is 1. The van der Waals surface area contributed by atoms with E-state index < -0.39 is 0 Å². The van der Waals surface area contributed by atoms with Crippen LogP contribution in [0, 0.1) is 0 Å². The molecule has 1 atom stereocenters. The van der Waals surface area contributed by atoms with E-state index in [1.165, 1.54) is 75.0 Å². The number of anilines is 4. The van der Waals surface area contributed by atoms with Gasteiger partial charge in [0.2, 0.25) is 0 Å². The predicted molar refractivity (Wildman–Crippen MR) is 221 cm³/mol. The number of nitrogens with zero attached hydrogens (tertiary/aromatic N) is 1. The van der Waals surface area contributed by atoms with Crippen LogP contribution in [0.3, 0.4) is 0 Å². The van der Waals surface area contributed by atoms with Crippen LogP contribution in [-0.4, -0.2) is 0 Å². The first-order valence-electron chi connectivity index (χ1n) is 17.3. The Bertz CT molecular complexity index is 2690. The normalized spacial score (nSPS) is 13.8. The van der Waals surface area contributed by atoms with Crippen molar-refractivity contribution in [1.82, 2.24) is 0 Å². The number of hydrogen-bond acceptors (Lipinski definition) is 4. The van der Waals surface area contributed by atoms with E-state index in [0.29, 0.717) is 0 Å². The highest BCUT2D eigenvalue weighted by molar-refractivity contribution is 8.00. The van der Waals surface area contributed by atoms with Gasteiger partial charge >= 0.3 is 0 Å². The fourth-order valence-corrected chi connectivity index (χ4v) is 9.81. The topological polar surface area (TPSA) is 15.3 Å². The molecule has 8 aromatic carbocycles. The van der Waals surface area contributed by atoms with Gasteiger partial charge in [-0.15, -0.1) is 11.3 Å². The minimum Gasteiger partial charge on any atom is -0.368 e. The molecule has 0 spiro atoms. The molecular formula is C47H32N2S2. The average molecular weight is 689 g/mol. The Morgan fingerprint density at radius 3 is 1.96 bits per heavy atom. The van der Waals surface area contributed by atoms with Crippen LogP contribution in [0.15, 0.2) is 187 Å². The van der Waals surface area contributed by atoms with Crippen molar-refractivity contribution in [2.45, 2.75) is 10.3 Å². The molecule has 1 unspecified atom stereocenters. The van der Waals surface area contributed by atoms with Gasteiger partial charge in [-0.2, -0.15) is 0 Å². The SMILES string of the molecule is c1ccc(-c2ccc(N(c3ccc4ccccc4c3-c3ccccc3)c3cccc4sc5cc6c(cc5c34)SC(c3ccccc3)N6)cc2)cc1. The highest BCUT2D eigenvalue weighted by Gasteiger charge is 2.27.